The Kier molecular flexibility index (Phi) is 6.53. The van der Waals surface area contributed by atoms with Crippen molar-refractivity contribution in [1.29, 1.82) is 5.26 Å². The van der Waals surface area contributed by atoms with Gasteiger partial charge in [0.1, 0.15) is 11.9 Å². The molecule has 20 heavy (non-hydrogen) atoms. The minimum Gasteiger partial charge on any atom is -0.480 e. The summed E-state index contributed by atoms with van der Waals surface area (Å²) in [6, 6.07) is 5.00. The van der Waals surface area contributed by atoms with E-state index in [0.717, 1.165) is 0 Å². The molecule has 0 radical (unpaired) electrons. The number of hydrogen-bond acceptors (Lipinski definition) is 4. The van der Waals surface area contributed by atoms with Gasteiger partial charge in [-0.25, -0.2) is 9.18 Å². The van der Waals surface area contributed by atoms with Gasteiger partial charge < -0.3 is 10.4 Å². The van der Waals surface area contributed by atoms with E-state index in [9.17, 15) is 14.0 Å². The number of nitrogens with one attached hydrogen (secondary N) is 1. The largest absolute Gasteiger partial charge is 0.480 e. The number of amides is 1. The minimum atomic E-state index is -1.09. The van der Waals surface area contributed by atoms with Gasteiger partial charge in [0.15, 0.2) is 0 Å². The van der Waals surface area contributed by atoms with Crippen molar-refractivity contribution in [3.05, 3.63) is 35.1 Å². The van der Waals surface area contributed by atoms with Gasteiger partial charge in [0.25, 0.3) is 0 Å². The van der Waals surface area contributed by atoms with E-state index in [4.69, 9.17) is 10.4 Å². The van der Waals surface area contributed by atoms with Crippen LogP contribution in [0.25, 0.3) is 0 Å². The molecule has 0 fully saturated rings. The van der Waals surface area contributed by atoms with Crippen molar-refractivity contribution in [3.63, 3.8) is 0 Å². The average Bonchev–Trinajstić information content (AvgIpc) is 2.43. The number of carbonyl (C=O) groups excluding carboxylic acids is 1. The smallest absolute Gasteiger partial charge is 0.326 e. The highest BCUT2D eigenvalue weighted by atomic mass is 32.2. The van der Waals surface area contributed by atoms with Gasteiger partial charge in [-0.3, -0.25) is 4.79 Å². The molecule has 1 atom stereocenters. The van der Waals surface area contributed by atoms with Crippen LogP contribution in [0.5, 0.6) is 0 Å². The maximum absolute atomic E-state index is 12.9. The van der Waals surface area contributed by atoms with Crippen molar-refractivity contribution in [3.8, 4) is 6.07 Å². The van der Waals surface area contributed by atoms with Crippen molar-refractivity contribution in [1.82, 2.24) is 5.32 Å². The lowest BCUT2D eigenvalue weighted by Crippen LogP contribution is -2.36. The first-order chi connectivity index (χ1) is 9.58. The van der Waals surface area contributed by atoms with Crippen LogP contribution in [0.1, 0.15) is 17.5 Å². The Hall–Kier alpha value is -2.07. The number of thioether (sulfide) groups is 1. The van der Waals surface area contributed by atoms with E-state index >= 15 is 0 Å². The molecule has 1 unspecified atom stereocenters. The van der Waals surface area contributed by atoms with Crippen molar-refractivity contribution < 1.29 is 19.1 Å². The molecule has 0 aromatic heterocycles. The van der Waals surface area contributed by atoms with E-state index in [1.807, 2.05) is 6.07 Å². The first-order valence-electron chi connectivity index (χ1n) is 5.77. The lowest BCUT2D eigenvalue weighted by molar-refractivity contribution is -0.140. The quantitative estimate of drug-likeness (QED) is 0.560. The Morgan fingerprint density at radius 1 is 1.60 bits per heavy atom. The standard InChI is InChI=1S/C13H13FN2O3S/c14-11-2-1-9(10(5-11)6-15)7-20-4-3-12(13(18)19)16-8-17/h1-2,5,8,12H,3-4,7H2,(H,16,17)(H,18,19). The van der Waals surface area contributed by atoms with Crippen LogP contribution in [-0.2, 0) is 15.3 Å². The molecule has 1 amide bonds. The fraction of sp³-hybridized carbons (Fsp3) is 0.308. The number of carboxylic acids is 1. The summed E-state index contributed by atoms with van der Waals surface area (Å²) in [7, 11) is 0. The Morgan fingerprint density at radius 3 is 2.95 bits per heavy atom. The Bertz CT molecular complexity index is 531. The van der Waals surface area contributed by atoms with Crippen molar-refractivity contribution in [2.75, 3.05) is 5.75 Å². The first-order valence-corrected chi connectivity index (χ1v) is 6.92. The van der Waals surface area contributed by atoms with Crippen LogP contribution in [0, 0.1) is 17.1 Å². The van der Waals surface area contributed by atoms with E-state index in [0.29, 0.717) is 23.5 Å². The van der Waals surface area contributed by atoms with Crippen LogP contribution in [0.15, 0.2) is 18.2 Å². The fourth-order valence-electron chi connectivity index (χ4n) is 1.52. The SMILES string of the molecule is N#Cc1cc(F)ccc1CSCCC(NC=O)C(=O)O. The fourth-order valence-corrected chi connectivity index (χ4v) is 2.54. The van der Waals surface area contributed by atoms with Gasteiger partial charge in [-0.1, -0.05) is 6.07 Å². The number of carboxylic acid groups (broad SMARTS) is 1. The maximum atomic E-state index is 12.9. The van der Waals surface area contributed by atoms with E-state index < -0.39 is 17.8 Å². The second-order valence-electron chi connectivity index (χ2n) is 3.93. The Balaban J connectivity index is 2.47. The molecule has 1 rings (SSSR count). The molecule has 0 saturated heterocycles. The van der Waals surface area contributed by atoms with E-state index in [1.54, 1.807) is 6.07 Å². The Labute approximate surface area is 119 Å². The van der Waals surface area contributed by atoms with Crippen LogP contribution in [0.2, 0.25) is 0 Å². The number of halogens is 1. The number of hydrogen-bond donors (Lipinski definition) is 2. The van der Waals surface area contributed by atoms with Crippen molar-refractivity contribution >= 4 is 24.1 Å². The lowest BCUT2D eigenvalue weighted by atomic mass is 10.1. The highest BCUT2D eigenvalue weighted by molar-refractivity contribution is 7.98. The normalized spacial score (nSPS) is 11.4. The summed E-state index contributed by atoms with van der Waals surface area (Å²) in [5, 5.41) is 19.9. The summed E-state index contributed by atoms with van der Waals surface area (Å²) in [5.74, 6) is -0.565. The highest BCUT2D eigenvalue weighted by Crippen LogP contribution is 2.18. The van der Waals surface area contributed by atoms with Crippen molar-refractivity contribution in [2.45, 2.75) is 18.2 Å². The molecule has 0 saturated carbocycles. The van der Waals surface area contributed by atoms with Crippen LogP contribution in [0.4, 0.5) is 4.39 Å². The zero-order valence-corrected chi connectivity index (χ0v) is 11.3. The maximum Gasteiger partial charge on any atom is 0.326 e. The highest BCUT2D eigenvalue weighted by Gasteiger charge is 2.15. The van der Waals surface area contributed by atoms with Gasteiger partial charge in [-0.2, -0.15) is 17.0 Å². The Morgan fingerprint density at radius 2 is 2.35 bits per heavy atom. The number of rotatable bonds is 8. The molecule has 1 aromatic rings. The van der Waals surface area contributed by atoms with Crippen molar-refractivity contribution in [2.24, 2.45) is 0 Å². The third kappa shape index (κ3) is 4.90. The second-order valence-corrected chi connectivity index (χ2v) is 5.04. The summed E-state index contributed by atoms with van der Waals surface area (Å²) in [5.41, 5.74) is 0.979. The predicted octanol–water partition coefficient (Wildman–Crippen LogP) is 1.52. The molecule has 0 spiro atoms. The average molecular weight is 296 g/mol. The molecule has 0 aliphatic heterocycles. The van der Waals surface area contributed by atoms with Gasteiger partial charge in [-0.15, -0.1) is 0 Å². The van der Waals surface area contributed by atoms with E-state index in [1.165, 1.54) is 23.9 Å². The predicted molar refractivity (Wildman–Crippen MR) is 72.5 cm³/mol. The second kappa shape index (κ2) is 8.17. The lowest BCUT2D eigenvalue weighted by Gasteiger charge is -2.10. The molecule has 2 N–H and O–H groups in total. The molecular weight excluding hydrogens is 283 g/mol. The summed E-state index contributed by atoms with van der Waals surface area (Å²) >= 11 is 1.42. The number of benzene rings is 1. The molecule has 7 heteroatoms. The van der Waals surface area contributed by atoms with Crippen LogP contribution >= 0.6 is 11.8 Å². The molecule has 106 valence electrons. The van der Waals surface area contributed by atoms with Gasteiger partial charge in [0.2, 0.25) is 6.41 Å². The van der Waals surface area contributed by atoms with Crippen LogP contribution < -0.4 is 5.32 Å². The summed E-state index contributed by atoms with van der Waals surface area (Å²) in [6.07, 6.45) is 0.638. The third-order valence-electron chi connectivity index (χ3n) is 2.57. The number of aliphatic carboxylic acids is 1. The van der Waals surface area contributed by atoms with Gasteiger partial charge in [-0.05, 0) is 29.9 Å². The number of nitrogens with zero attached hydrogens (tertiary/aromatic N) is 1. The van der Waals surface area contributed by atoms with E-state index in [-0.39, 0.29) is 12.0 Å². The van der Waals surface area contributed by atoms with E-state index in [2.05, 4.69) is 5.32 Å². The molecule has 0 aliphatic carbocycles. The number of nitriles is 1. The monoisotopic (exact) mass is 296 g/mol. The molecule has 5 nitrogen and oxygen atoms in total. The van der Waals surface area contributed by atoms with Gasteiger partial charge in [0, 0.05) is 5.75 Å². The number of carbonyl (C=O) groups is 2. The zero-order valence-electron chi connectivity index (χ0n) is 10.5. The topological polar surface area (TPSA) is 90.2 Å². The van der Waals surface area contributed by atoms with Gasteiger partial charge in [0.05, 0.1) is 11.6 Å². The van der Waals surface area contributed by atoms with Crippen LogP contribution in [0.3, 0.4) is 0 Å². The first kappa shape index (κ1) is 16.0. The summed E-state index contributed by atoms with van der Waals surface area (Å²) in [4.78, 5) is 21.0. The third-order valence-corrected chi connectivity index (χ3v) is 3.61. The molecule has 0 bridgehead atoms. The molecule has 0 aliphatic rings. The molecule has 0 heterocycles. The van der Waals surface area contributed by atoms with Crippen LogP contribution in [-0.4, -0.2) is 29.3 Å². The molecular formula is C13H13FN2O3S. The van der Waals surface area contributed by atoms with Gasteiger partial charge >= 0.3 is 5.97 Å². The molecule has 1 aromatic carbocycles. The summed E-state index contributed by atoms with van der Waals surface area (Å²) < 4.78 is 12.9. The minimum absolute atomic E-state index is 0.276. The zero-order chi connectivity index (χ0) is 15.0. The summed E-state index contributed by atoms with van der Waals surface area (Å²) in [6.45, 7) is 0.